The summed E-state index contributed by atoms with van der Waals surface area (Å²) in [6.45, 7) is 0.605. The van der Waals surface area contributed by atoms with Crippen LogP contribution in [-0.2, 0) is 10.2 Å². The van der Waals surface area contributed by atoms with Crippen molar-refractivity contribution in [2.24, 2.45) is 0 Å². The summed E-state index contributed by atoms with van der Waals surface area (Å²) in [5, 5.41) is 15.9. The maximum Gasteiger partial charge on any atom is 0.388 e. The zero-order chi connectivity index (χ0) is 23.2. The van der Waals surface area contributed by atoms with Crippen LogP contribution in [-0.4, -0.2) is 32.1 Å². The molecule has 0 spiro atoms. The van der Waals surface area contributed by atoms with Crippen molar-refractivity contribution in [1.82, 2.24) is 19.6 Å². The Balaban J connectivity index is 1.66. The van der Waals surface area contributed by atoms with Crippen molar-refractivity contribution >= 4 is 17.2 Å². The molecule has 12 heteroatoms. The van der Waals surface area contributed by atoms with Gasteiger partial charge >= 0.3 is 6.61 Å². The number of anilines is 1. The largest absolute Gasteiger partial charge is 0.415 e. The molecular formula is C20H16F4N6O2. The molecule has 3 aromatic rings. The fourth-order valence-electron chi connectivity index (χ4n) is 3.99. The van der Waals surface area contributed by atoms with E-state index >= 15 is 0 Å². The standard InChI is InChI=1S/C20H16F4N6O2/c1-20(2)4-11(12-7-27-30-8-13(15(21)22)29-16(30)14(12)20)17(31)28-10-3-9(5-25)18(26-6-10)32-19(23)24/h3,6-8,11,15,19H,4H2,1-2H3,(H,28,31). The average molecular weight is 448 g/mol. The topological polar surface area (TPSA) is 105 Å². The number of aromatic nitrogens is 4. The predicted molar refractivity (Wildman–Crippen MR) is 103 cm³/mol. The van der Waals surface area contributed by atoms with Gasteiger partial charge in [0.1, 0.15) is 17.3 Å². The Morgan fingerprint density at radius 2 is 2.09 bits per heavy atom. The molecule has 3 heterocycles. The van der Waals surface area contributed by atoms with Gasteiger partial charge in [0, 0.05) is 5.56 Å². The quantitative estimate of drug-likeness (QED) is 0.593. The van der Waals surface area contributed by atoms with Crippen molar-refractivity contribution in [2.75, 3.05) is 5.32 Å². The number of halogens is 4. The van der Waals surface area contributed by atoms with Crippen LogP contribution in [0.2, 0.25) is 0 Å². The van der Waals surface area contributed by atoms with Crippen molar-refractivity contribution in [3.63, 3.8) is 0 Å². The molecule has 32 heavy (non-hydrogen) atoms. The minimum Gasteiger partial charge on any atom is -0.415 e. The highest BCUT2D eigenvalue weighted by atomic mass is 19.3. The van der Waals surface area contributed by atoms with Crippen molar-refractivity contribution in [3.05, 3.63) is 47.0 Å². The second kappa shape index (κ2) is 7.74. The van der Waals surface area contributed by atoms with Gasteiger partial charge in [-0.15, -0.1) is 0 Å². The van der Waals surface area contributed by atoms with Crippen molar-refractivity contribution in [1.29, 1.82) is 5.26 Å². The van der Waals surface area contributed by atoms with E-state index in [0.717, 1.165) is 12.4 Å². The molecule has 1 aliphatic rings. The number of alkyl halides is 4. The summed E-state index contributed by atoms with van der Waals surface area (Å²) in [7, 11) is 0. The SMILES string of the molecule is CC1(C)CC(C(=O)Nc2cnc(OC(F)F)c(C#N)c2)c2cnn3cc(C(F)F)nc3c21. The number of imidazole rings is 1. The molecular weight excluding hydrogens is 432 g/mol. The van der Waals surface area contributed by atoms with E-state index in [-0.39, 0.29) is 16.9 Å². The maximum absolute atomic E-state index is 13.1. The van der Waals surface area contributed by atoms with Crippen LogP contribution in [0.25, 0.3) is 5.65 Å². The summed E-state index contributed by atoms with van der Waals surface area (Å²) >= 11 is 0. The number of rotatable bonds is 5. The van der Waals surface area contributed by atoms with Gasteiger partial charge in [0.25, 0.3) is 6.43 Å². The fraction of sp³-hybridized carbons (Fsp3) is 0.350. The molecule has 1 unspecified atom stereocenters. The van der Waals surface area contributed by atoms with Gasteiger partial charge in [-0.1, -0.05) is 13.8 Å². The van der Waals surface area contributed by atoms with Crippen LogP contribution in [0.4, 0.5) is 23.2 Å². The van der Waals surface area contributed by atoms with Gasteiger partial charge in [-0.25, -0.2) is 23.3 Å². The van der Waals surface area contributed by atoms with Gasteiger partial charge in [-0.05, 0) is 23.5 Å². The Hall–Kier alpha value is -3.75. The third kappa shape index (κ3) is 3.70. The molecule has 0 saturated carbocycles. The van der Waals surface area contributed by atoms with Gasteiger partial charge in [-0.3, -0.25) is 4.79 Å². The second-order valence-corrected chi connectivity index (χ2v) is 7.91. The molecule has 0 fully saturated rings. The van der Waals surface area contributed by atoms with E-state index < -0.39 is 41.9 Å². The zero-order valence-corrected chi connectivity index (χ0v) is 16.8. The molecule has 3 aromatic heterocycles. The lowest BCUT2D eigenvalue weighted by Gasteiger charge is -2.19. The fourth-order valence-corrected chi connectivity index (χ4v) is 3.99. The minimum atomic E-state index is -3.15. The molecule has 0 radical (unpaired) electrons. The van der Waals surface area contributed by atoms with E-state index in [1.807, 2.05) is 13.8 Å². The number of nitrogens with one attached hydrogen (secondary N) is 1. The Morgan fingerprint density at radius 3 is 2.75 bits per heavy atom. The lowest BCUT2D eigenvalue weighted by atomic mass is 9.86. The van der Waals surface area contributed by atoms with Crippen LogP contribution >= 0.6 is 0 Å². The van der Waals surface area contributed by atoms with Crippen LogP contribution in [0.15, 0.2) is 24.7 Å². The van der Waals surface area contributed by atoms with Crippen LogP contribution in [0, 0.1) is 11.3 Å². The third-order valence-corrected chi connectivity index (χ3v) is 5.29. The molecule has 0 bridgehead atoms. The van der Waals surface area contributed by atoms with E-state index in [0.29, 0.717) is 17.5 Å². The predicted octanol–water partition coefficient (Wildman–Crippen LogP) is 3.94. The molecule has 1 atom stereocenters. The summed E-state index contributed by atoms with van der Waals surface area (Å²) in [6.07, 6.45) is 1.31. The van der Waals surface area contributed by atoms with Crippen molar-refractivity contribution in [3.8, 4) is 11.9 Å². The number of hydrogen-bond acceptors (Lipinski definition) is 6. The third-order valence-electron chi connectivity index (χ3n) is 5.29. The van der Waals surface area contributed by atoms with Gasteiger partial charge in [-0.2, -0.15) is 19.1 Å². The highest BCUT2D eigenvalue weighted by Gasteiger charge is 2.43. The molecule has 166 valence electrons. The van der Waals surface area contributed by atoms with Crippen LogP contribution in [0.1, 0.15) is 55.0 Å². The van der Waals surface area contributed by atoms with E-state index in [1.54, 1.807) is 6.07 Å². The molecule has 0 aliphatic heterocycles. The number of hydrogen-bond donors (Lipinski definition) is 1. The normalized spacial score (nSPS) is 16.9. The summed E-state index contributed by atoms with van der Waals surface area (Å²) in [5.41, 5.74) is 0.353. The number of carbonyl (C=O) groups excluding carboxylic acids is 1. The monoisotopic (exact) mass is 448 g/mol. The highest BCUT2D eigenvalue weighted by molar-refractivity contribution is 5.97. The number of fused-ring (bicyclic) bond motifs is 3. The molecule has 4 rings (SSSR count). The van der Waals surface area contributed by atoms with Gasteiger partial charge in [0.05, 0.1) is 30.2 Å². The van der Waals surface area contributed by atoms with Gasteiger partial charge < -0.3 is 10.1 Å². The Labute approximate surface area is 178 Å². The summed E-state index contributed by atoms with van der Waals surface area (Å²) in [6, 6.07) is 2.87. The van der Waals surface area contributed by atoms with E-state index in [2.05, 4.69) is 25.1 Å². The molecule has 8 nitrogen and oxygen atoms in total. The lowest BCUT2D eigenvalue weighted by Crippen LogP contribution is -2.21. The summed E-state index contributed by atoms with van der Waals surface area (Å²) in [5.74, 6) is -1.67. The van der Waals surface area contributed by atoms with Crippen LogP contribution < -0.4 is 10.1 Å². The molecule has 0 aromatic carbocycles. The Bertz CT molecular complexity index is 1250. The molecule has 1 amide bonds. The van der Waals surface area contributed by atoms with Gasteiger partial charge in [0.2, 0.25) is 11.8 Å². The molecule has 0 saturated heterocycles. The van der Waals surface area contributed by atoms with E-state index in [4.69, 9.17) is 5.26 Å². The minimum absolute atomic E-state index is 0.120. The van der Waals surface area contributed by atoms with Crippen LogP contribution in [0.5, 0.6) is 5.88 Å². The van der Waals surface area contributed by atoms with E-state index in [1.165, 1.54) is 16.8 Å². The number of nitriles is 1. The number of nitrogens with zero attached hydrogens (tertiary/aromatic N) is 5. The smallest absolute Gasteiger partial charge is 0.388 e. The number of amides is 1. The van der Waals surface area contributed by atoms with Crippen molar-refractivity contribution in [2.45, 2.75) is 44.6 Å². The first-order valence-corrected chi connectivity index (χ1v) is 9.43. The first kappa shape index (κ1) is 21.5. The maximum atomic E-state index is 13.1. The number of pyridine rings is 1. The average Bonchev–Trinajstić information content (AvgIpc) is 3.27. The first-order chi connectivity index (χ1) is 15.1. The molecule has 1 N–H and O–H groups in total. The molecule has 1 aliphatic carbocycles. The zero-order valence-electron chi connectivity index (χ0n) is 16.8. The van der Waals surface area contributed by atoms with Crippen molar-refractivity contribution < 1.29 is 27.1 Å². The van der Waals surface area contributed by atoms with Gasteiger partial charge in [0.15, 0.2) is 5.65 Å². The highest BCUT2D eigenvalue weighted by Crippen LogP contribution is 2.47. The second-order valence-electron chi connectivity index (χ2n) is 7.91. The number of carbonyl (C=O) groups is 1. The summed E-state index contributed by atoms with van der Waals surface area (Å²) < 4.78 is 56.5. The summed E-state index contributed by atoms with van der Waals surface area (Å²) in [4.78, 5) is 20.7. The lowest BCUT2D eigenvalue weighted by molar-refractivity contribution is -0.117. The first-order valence-electron chi connectivity index (χ1n) is 9.43. The Kier molecular flexibility index (Phi) is 5.20. The Morgan fingerprint density at radius 1 is 1.34 bits per heavy atom. The van der Waals surface area contributed by atoms with Crippen LogP contribution in [0.3, 0.4) is 0 Å². The number of ether oxygens (including phenoxy) is 1. The van der Waals surface area contributed by atoms with E-state index in [9.17, 15) is 22.4 Å².